The summed E-state index contributed by atoms with van der Waals surface area (Å²) in [6.07, 6.45) is 5.47. The van der Waals surface area contributed by atoms with E-state index in [-0.39, 0.29) is 0 Å². The lowest BCUT2D eigenvalue weighted by Crippen LogP contribution is -2.27. The van der Waals surface area contributed by atoms with E-state index in [2.05, 4.69) is 22.3 Å². The Balaban J connectivity index is 1.73. The first-order valence-corrected chi connectivity index (χ1v) is 6.09. The van der Waals surface area contributed by atoms with E-state index in [0.29, 0.717) is 6.10 Å². The van der Waals surface area contributed by atoms with Gasteiger partial charge in [-0.3, -0.25) is 0 Å². The molecule has 1 saturated heterocycles. The number of aryl methyl sites for hydroxylation is 1. The Labute approximate surface area is 96.2 Å². The summed E-state index contributed by atoms with van der Waals surface area (Å²) in [5, 5.41) is 7.57. The molecule has 0 radical (unpaired) electrons. The van der Waals surface area contributed by atoms with Crippen LogP contribution in [0.2, 0.25) is 0 Å². The number of rotatable bonds is 6. The van der Waals surface area contributed by atoms with Crippen LogP contribution in [-0.2, 0) is 17.8 Å². The molecule has 1 aliphatic rings. The van der Waals surface area contributed by atoms with Crippen LogP contribution in [0.3, 0.4) is 0 Å². The highest BCUT2D eigenvalue weighted by Crippen LogP contribution is 2.10. The van der Waals surface area contributed by atoms with Gasteiger partial charge in [0.15, 0.2) is 0 Å². The average molecular weight is 224 g/mol. The third-order valence-electron chi connectivity index (χ3n) is 2.81. The van der Waals surface area contributed by atoms with Crippen LogP contribution in [-0.4, -0.2) is 34.0 Å². The zero-order chi connectivity index (χ0) is 11.2. The highest BCUT2D eigenvalue weighted by molar-refractivity contribution is 4.84. The molecule has 0 bridgehead atoms. The second kappa shape index (κ2) is 5.96. The Morgan fingerprint density at radius 3 is 3.31 bits per heavy atom. The number of nitrogens with one attached hydrogen (secondary N) is 1. The van der Waals surface area contributed by atoms with E-state index in [9.17, 15) is 0 Å². The molecule has 1 aromatic rings. The lowest BCUT2D eigenvalue weighted by molar-refractivity contribution is 0.109. The van der Waals surface area contributed by atoms with Crippen LogP contribution in [0.5, 0.6) is 0 Å². The SMILES string of the molecule is CCCn1ncnc1CNCC1CCCO1. The maximum Gasteiger partial charge on any atom is 0.140 e. The molecule has 0 aliphatic carbocycles. The van der Waals surface area contributed by atoms with Crippen LogP contribution in [0.25, 0.3) is 0 Å². The van der Waals surface area contributed by atoms with E-state index in [1.807, 2.05) is 4.68 Å². The van der Waals surface area contributed by atoms with E-state index in [0.717, 1.165) is 38.5 Å². The largest absolute Gasteiger partial charge is 0.377 e. The Morgan fingerprint density at radius 1 is 1.62 bits per heavy atom. The van der Waals surface area contributed by atoms with Crippen molar-refractivity contribution in [2.75, 3.05) is 13.2 Å². The van der Waals surface area contributed by atoms with Crippen molar-refractivity contribution in [3.05, 3.63) is 12.2 Å². The van der Waals surface area contributed by atoms with E-state index < -0.39 is 0 Å². The Bertz CT molecular complexity index is 307. The third-order valence-corrected chi connectivity index (χ3v) is 2.81. The molecular weight excluding hydrogens is 204 g/mol. The summed E-state index contributed by atoms with van der Waals surface area (Å²) in [4.78, 5) is 4.25. The first-order valence-electron chi connectivity index (χ1n) is 6.09. The summed E-state index contributed by atoms with van der Waals surface area (Å²) in [6, 6.07) is 0. The van der Waals surface area contributed by atoms with Gasteiger partial charge in [0.2, 0.25) is 0 Å². The summed E-state index contributed by atoms with van der Waals surface area (Å²) >= 11 is 0. The van der Waals surface area contributed by atoms with Gasteiger partial charge in [-0.25, -0.2) is 9.67 Å². The van der Waals surface area contributed by atoms with Crippen LogP contribution >= 0.6 is 0 Å². The Kier molecular flexibility index (Phi) is 4.30. The second-order valence-electron chi connectivity index (χ2n) is 4.17. The fourth-order valence-corrected chi connectivity index (χ4v) is 1.97. The first-order chi connectivity index (χ1) is 7.90. The van der Waals surface area contributed by atoms with Crippen LogP contribution in [0.1, 0.15) is 32.0 Å². The van der Waals surface area contributed by atoms with Crippen molar-refractivity contribution in [2.24, 2.45) is 0 Å². The smallest absolute Gasteiger partial charge is 0.140 e. The molecule has 1 atom stereocenters. The number of aromatic nitrogens is 3. The van der Waals surface area contributed by atoms with E-state index in [1.54, 1.807) is 6.33 Å². The lowest BCUT2D eigenvalue weighted by atomic mass is 10.2. The Morgan fingerprint density at radius 2 is 2.56 bits per heavy atom. The third kappa shape index (κ3) is 3.02. The van der Waals surface area contributed by atoms with Crippen molar-refractivity contribution in [2.45, 2.75) is 45.4 Å². The second-order valence-corrected chi connectivity index (χ2v) is 4.17. The van der Waals surface area contributed by atoms with Crippen molar-refractivity contribution in [1.29, 1.82) is 0 Å². The predicted octanol–water partition coefficient (Wildman–Crippen LogP) is 0.957. The number of hydrogen-bond donors (Lipinski definition) is 1. The monoisotopic (exact) mass is 224 g/mol. The molecule has 1 unspecified atom stereocenters. The molecule has 1 N–H and O–H groups in total. The van der Waals surface area contributed by atoms with E-state index in [1.165, 1.54) is 12.8 Å². The molecule has 0 spiro atoms. The van der Waals surface area contributed by atoms with Gasteiger partial charge in [0.1, 0.15) is 12.2 Å². The topological polar surface area (TPSA) is 52.0 Å². The standard InChI is InChI=1S/C11H20N4O/c1-2-5-15-11(13-9-14-15)8-12-7-10-4-3-6-16-10/h9-10,12H,2-8H2,1H3. The van der Waals surface area contributed by atoms with Crippen LogP contribution in [0.15, 0.2) is 6.33 Å². The van der Waals surface area contributed by atoms with Gasteiger partial charge in [-0.1, -0.05) is 6.92 Å². The lowest BCUT2D eigenvalue weighted by Gasteiger charge is -2.10. The number of hydrogen-bond acceptors (Lipinski definition) is 4. The summed E-state index contributed by atoms with van der Waals surface area (Å²) < 4.78 is 7.51. The van der Waals surface area contributed by atoms with Gasteiger partial charge in [-0.2, -0.15) is 5.10 Å². The summed E-state index contributed by atoms with van der Waals surface area (Å²) in [5.41, 5.74) is 0. The Hall–Kier alpha value is -0.940. The molecule has 0 aromatic carbocycles. The maximum atomic E-state index is 5.54. The summed E-state index contributed by atoms with van der Waals surface area (Å²) in [7, 11) is 0. The average Bonchev–Trinajstić information content (AvgIpc) is 2.91. The van der Waals surface area contributed by atoms with Gasteiger partial charge in [-0.05, 0) is 19.3 Å². The minimum absolute atomic E-state index is 0.391. The van der Waals surface area contributed by atoms with Crippen molar-refractivity contribution in [3.8, 4) is 0 Å². The van der Waals surface area contributed by atoms with Gasteiger partial charge in [-0.15, -0.1) is 0 Å². The van der Waals surface area contributed by atoms with Crippen molar-refractivity contribution in [1.82, 2.24) is 20.1 Å². The highest BCUT2D eigenvalue weighted by Gasteiger charge is 2.14. The van der Waals surface area contributed by atoms with Gasteiger partial charge in [0.25, 0.3) is 0 Å². The molecular formula is C11H20N4O. The molecule has 2 heterocycles. The first kappa shape index (κ1) is 11.5. The maximum absolute atomic E-state index is 5.54. The fraction of sp³-hybridized carbons (Fsp3) is 0.818. The number of ether oxygens (including phenoxy) is 1. The molecule has 5 heteroatoms. The number of nitrogens with zero attached hydrogens (tertiary/aromatic N) is 3. The van der Waals surface area contributed by atoms with Crippen molar-refractivity contribution >= 4 is 0 Å². The predicted molar refractivity (Wildman–Crippen MR) is 61.0 cm³/mol. The molecule has 0 amide bonds. The van der Waals surface area contributed by atoms with Gasteiger partial charge < -0.3 is 10.1 Å². The van der Waals surface area contributed by atoms with Crippen LogP contribution < -0.4 is 5.32 Å². The van der Waals surface area contributed by atoms with Crippen molar-refractivity contribution in [3.63, 3.8) is 0 Å². The molecule has 90 valence electrons. The fourth-order valence-electron chi connectivity index (χ4n) is 1.97. The molecule has 1 fully saturated rings. The molecule has 0 saturated carbocycles. The highest BCUT2D eigenvalue weighted by atomic mass is 16.5. The van der Waals surface area contributed by atoms with E-state index >= 15 is 0 Å². The van der Waals surface area contributed by atoms with E-state index in [4.69, 9.17) is 4.74 Å². The molecule has 16 heavy (non-hydrogen) atoms. The summed E-state index contributed by atoms with van der Waals surface area (Å²) in [6.45, 7) is 5.69. The molecule has 1 aliphatic heterocycles. The molecule has 2 rings (SSSR count). The summed E-state index contributed by atoms with van der Waals surface area (Å²) in [5.74, 6) is 1.01. The van der Waals surface area contributed by atoms with Gasteiger partial charge >= 0.3 is 0 Å². The zero-order valence-electron chi connectivity index (χ0n) is 9.85. The van der Waals surface area contributed by atoms with Gasteiger partial charge in [0, 0.05) is 19.7 Å². The molecule has 5 nitrogen and oxygen atoms in total. The minimum Gasteiger partial charge on any atom is -0.377 e. The molecule has 1 aromatic heterocycles. The van der Waals surface area contributed by atoms with Crippen LogP contribution in [0, 0.1) is 0 Å². The quantitative estimate of drug-likeness (QED) is 0.782. The minimum atomic E-state index is 0.391. The normalized spacial score (nSPS) is 20.4. The van der Waals surface area contributed by atoms with Crippen molar-refractivity contribution < 1.29 is 4.74 Å². The van der Waals surface area contributed by atoms with Crippen LogP contribution in [0.4, 0.5) is 0 Å². The van der Waals surface area contributed by atoms with Gasteiger partial charge in [0.05, 0.1) is 12.6 Å². The zero-order valence-corrected chi connectivity index (χ0v) is 9.85.